The van der Waals surface area contributed by atoms with Gasteiger partial charge in [0.25, 0.3) is 0 Å². The van der Waals surface area contributed by atoms with E-state index in [4.69, 9.17) is 10.2 Å². The van der Waals surface area contributed by atoms with Gasteiger partial charge < -0.3 is 20.4 Å². The van der Waals surface area contributed by atoms with Crippen molar-refractivity contribution < 1.29 is 20.4 Å². The molecule has 1 aliphatic carbocycles. The topological polar surface area (TPSA) is 93.3 Å². The van der Waals surface area contributed by atoms with E-state index in [0.717, 1.165) is 5.04 Å². The summed E-state index contributed by atoms with van der Waals surface area (Å²) in [6.45, 7) is -0.0648. The van der Waals surface area contributed by atoms with Gasteiger partial charge in [-0.1, -0.05) is 0 Å². The first-order valence-corrected chi connectivity index (χ1v) is 6.36. The molecule has 6 heteroatoms. The van der Waals surface area contributed by atoms with E-state index in [0.29, 0.717) is 12.8 Å². The van der Waals surface area contributed by atoms with Crippen LogP contribution in [0.3, 0.4) is 0 Å². The summed E-state index contributed by atoms with van der Waals surface area (Å²) in [7, 11) is 0. The van der Waals surface area contributed by atoms with Crippen molar-refractivity contribution in [1.29, 1.82) is 0 Å². The number of aliphatic hydroxyl groups is 4. The number of rotatable bonds is 3. The molecule has 0 saturated heterocycles. The van der Waals surface area contributed by atoms with E-state index in [9.17, 15) is 10.2 Å². The lowest BCUT2D eigenvalue weighted by Gasteiger charge is -2.37. The van der Waals surface area contributed by atoms with Crippen molar-refractivity contribution in [3.8, 4) is 0 Å². The molecule has 2 aliphatic rings. The highest BCUT2D eigenvalue weighted by molar-refractivity contribution is 8.14. The van der Waals surface area contributed by atoms with Crippen molar-refractivity contribution in [1.82, 2.24) is 0 Å². The highest BCUT2D eigenvalue weighted by Gasteiger charge is 2.46. The minimum absolute atomic E-state index is 0.0490. The van der Waals surface area contributed by atoms with Gasteiger partial charge in [0.2, 0.25) is 0 Å². The summed E-state index contributed by atoms with van der Waals surface area (Å²) >= 11 is 1.55. The first-order chi connectivity index (χ1) is 7.67. The molecule has 5 atom stereocenters. The smallest absolute Gasteiger partial charge is 0.104 e. The second kappa shape index (κ2) is 5.01. The number of thioether (sulfide) groups is 1. The highest BCUT2D eigenvalue weighted by atomic mass is 32.2. The number of hydrogen-bond donors (Lipinski definition) is 4. The van der Waals surface area contributed by atoms with Gasteiger partial charge in [0.15, 0.2) is 0 Å². The Morgan fingerprint density at radius 3 is 2.62 bits per heavy atom. The molecule has 0 aromatic heterocycles. The fraction of sp³-hybridized carbons (Fsp3) is 0.900. The molecule has 4 N–H and O–H groups in total. The lowest BCUT2D eigenvalue weighted by molar-refractivity contribution is -0.0646. The maximum atomic E-state index is 9.89. The van der Waals surface area contributed by atoms with Crippen LogP contribution < -0.4 is 0 Å². The van der Waals surface area contributed by atoms with E-state index in [-0.39, 0.29) is 30.4 Å². The van der Waals surface area contributed by atoms with Gasteiger partial charge in [-0.15, -0.1) is 11.8 Å². The monoisotopic (exact) mass is 247 g/mol. The molecule has 0 radical (unpaired) electrons. The molecular weight excluding hydrogens is 230 g/mol. The summed E-state index contributed by atoms with van der Waals surface area (Å²) in [5, 5.41) is 38.6. The molecule has 1 saturated carbocycles. The molecular formula is C10H17NO4S. The summed E-state index contributed by atoms with van der Waals surface area (Å²) in [4.78, 5) is 4.33. The molecule has 92 valence electrons. The number of nitrogens with zero attached hydrogens (tertiary/aromatic N) is 1. The van der Waals surface area contributed by atoms with Gasteiger partial charge in [-0.3, -0.25) is 4.99 Å². The molecule has 0 amide bonds. The molecule has 5 nitrogen and oxygen atoms in total. The quantitative estimate of drug-likeness (QED) is 0.512. The van der Waals surface area contributed by atoms with Gasteiger partial charge in [-0.05, 0) is 6.42 Å². The lowest BCUT2D eigenvalue weighted by atomic mass is 9.81. The van der Waals surface area contributed by atoms with Gasteiger partial charge >= 0.3 is 0 Å². The first-order valence-electron chi connectivity index (χ1n) is 5.48. The van der Waals surface area contributed by atoms with E-state index in [2.05, 4.69) is 4.99 Å². The van der Waals surface area contributed by atoms with Crippen molar-refractivity contribution in [2.75, 3.05) is 13.2 Å². The molecule has 0 spiro atoms. The highest BCUT2D eigenvalue weighted by Crippen LogP contribution is 2.40. The number of hydrogen-bond acceptors (Lipinski definition) is 6. The molecule has 0 aromatic carbocycles. The first kappa shape index (κ1) is 12.3. The van der Waals surface area contributed by atoms with Crippen molar-refractivity contribution in [3.63, 3.8) is 0 Å². The Balaban J connectivity index is 2.08. The van der Waals surface area contributed by atoms with Crippen molar-refractivity contribution in [3.05, 3.63) is 0 Å². The van der Waals surface area contributed by atoms with E-state index in [1.165, 1.54) is 0 Å². The second-order valence-electron chi connectivity index (χ2n) is 4.30. The fourth-order valence-corrected chi connectivity index (χ4v) is 3.77. The van der Waals surface area contributed by atoms with Gasteiger partial charge in [0.1, 0.15) is 6.10 Å². The van der Waals surface area contributed by atoms with Crippen LogP contribution in [0.2, 0.25) is 0 Å². The minimum Gasteiger partial charge on any atom is -0.396 e. The Bertz CT molecular complexity index is 286. The number of aliphatic imine (C=N–C) groups is 1. The third-order valence-electron chi connectivity index (χ3n) is 3.24. The fourth-order valence-electron chi connectivity index (χ4n) is 2.33. The van der Waals surface area contributed by atoms with Gasteiger partial charge in [-0.25, -0.2) is 0 Å². The van der Waals surface area contributed by atoms with E-state index in [1.807, 2.05) is 0 Å². The van der Waals surface area contributed by atoms with Crippen molar-refractivity contribution in [2.45, 2.75) is 36.3 Å². The van der Waals surface area contributed by atoms with Gasteiger partial charge in [0.05, 0.1) is 17.2 Å². The Hall–Kier alpha value is -0.140. The third kappa shape index (κ3) is 2.12. The zero-order chi connectivity index (χ0) is 11.7. The second-order valence-corrected chi connectivity index (χ2v) is 5.62. The molecule has 2 rings (SSSR count). The molecule has 1 heterocycles. The van der Waals surface area contributed by atoms with E-state index in [1.54, 1.807) is 11.8 Å². The van der Waals surface area contributed by atoms with Crippen molar-refractivity contribution >= 4 is 16.8 Å². The minimum atomic E-state index is -0.903. The maximum Gasteiger partial charge on any atom is 0.104 e. The van der Waals surface area contributed by atoms with Crippen LogP contribution in [-0.4, -0.2) is 62.2 Å². The molecule has 0 aromatic rings. The van der Waals surface area contributed by atoms with Gasteiger partial charge in [0, 0.05) is 30.8 Å². The Morgan fingerprint density at radius 1 is 1.25 bits per heavy atom. The number of fused-ring (bicyclic) bond motifs is 1. The number of aliphatic hydroxyl groups excluding tert-OH is 4. The Kier molecular flexibility index (Phi) is 3.86. The van der Waals surface area contributed by atoms with E-state index < -0.39 is 12.2 Å². The zero-order valence-corrected chi connectivity index (χ0v) is 9.68. The standard InChI is InChI=1S/C10H17NO4S/c12-2-1-7-11-8-6(16-7)3-5(4-13)9(14)10(8)15/h5-6,8-10,12-15H,1-4H2/t5-,6+,8+,9-,10-/m1/s1. The molecule has 0 unspecified atom stereocenters. The predicted octanol–water partition coefficient (Wildman–Crippen LogP) is -1.01. The van der Waals surface area contributed by atoms with Crippen LogP contribution in [0.1, 0.15) is 12.8 Å². The Labute approximate surface area is 98.2 Å². The molecule has 16 heavy (non-hydrogen) atoms. The van der Waals surface area contributed by atoms with Crippen LogP contribution in [-0.2, 0) is 0 Å². The van der Waals surface area contributed by atoms with Crippen LogP contribution in [0.4, 0.5) is 0 Å². The molecule has 1 fully saturated rings. The van der Waals surface area contributed by atoms with Crippen LogP contribution in [0.5, 0.6) is 0 Å². The normalized spacial score (nSPS) is 43.0. The average molecular weight is 247 g/mol. The predicted molar refractivity (Wildman–Crippen MR) is 61.5 cm³/mol. The summed E-state index contributed by atoms with van der Waals surface area (Å²) in [6, 6.07) is -0.288. The van der Waals surface area contributed by atoms with Crippen LogP contribution >= 0.6 is 11.8 Å². The summed E-state index contributed by atoms with van der Waals surface area (Å²) in [5.74, 6) is -0.271. The maximum absolute atomic E-state index is 9.89. The van der Waals surface area contributed by atoms with Crippen LogP contribution in [0.15, 0.2) is 4.99 Å². The SMILES string of the molecule is OCCC1=N[C@@H]2[C@@H](O)[C@H](O)[C@@H](CO)C[C@@H]2S1. The molecule has 0 bridgehead atoms. The van der Waals surface area contributed by atoms with Crippen molar-refractivity contribution in [2.24, 2.45) is 10.9 Å². The molecule has 1 aliphatic heterocycles. The largest absolute Gasteiger partial charge is 0.396 e. The third-order valence-corrected chi connectivity index (χ3v) is 4.60. The summed E-state index contributed by atoms with van der Waals surface area (Å²) in [6.07, 6.45) is -0.643. The zero-order valence-electron chi connectivity index (χ0n) is 8.86. The van der Waals surface area contributed by atoms with Crippen LogP contribution in [0.25, 0.3) is 0 Å². The van der Waals surface area contributed by atoms with Crippen LogP contribution in [0, 0.1) is 5.92 Å². The lowest BCUT2D eigenvalue weighted by Crippen LogP contribution is -2.51. The summed E-state index contributed by atoms with van der Waals surface area (Å²) in [5.41, 5.74) is 0. The summed E-state index contributed by atoms with van der Waals surface area (Å²) < 4.78 is 0. The Morgan fingerprint density at radius 2 is 2.00 bits per heavy atom. The van der Waals surface area contributed by atoms with E-state index >= 15 is 0 Å². The van der Waals surface area contributed by atoms with Gasteiger partial charge in [-0.2, -0.15) is 0 Å². The average Bonchev–Trinajstić information content (AvgIpc) is 2.67.